The van der Waals surface area contributed by atoms with E-state index in [9.17, 15) is 14.4 Å². The first-order valence-electron chi connectivity index (χ1n) is 7.51. The van der Waals surface area contributed by atoms with Crippen molar-refractivity contribution in [1.29, 1.82) is 0 Å². The molecule has 1 unspecified atom stereocenters. The number of aliphatic carboxylic acids is 1. The highest BCUT2D eigenvalue weighted by molar-refractivity contribution is 6.30. The lowest BCUT2D eigenvalue weighted by Gasteiger charge is -2.15. The second-order valence-corrected chi connectivity index (χ2v) is 5.97. The maximum absolute atomic E-state index is 12.0. The Kier molecular flexibility index (Phi) is 5.98. The fourth-order valence-electron chi connectivity index (χ4n) is 2.49. The molecule has 1 aromatic carbocycles. The number of carbonyl (C=O) groups is 3. The molecule has 124 valence electrons. The largest absolute Gasteiger partial charge is 0.481 e. The number of benzene rings is 1. The average molecular weight is 339 g/mol. The van der Waals surface area contributed by atoms with Crippen LogP contribution in [0.5, 0.6) is 0 Å². The lowest BCUT2D eigenvalue weighted by Crippen LogP contribution is -2.31. The van der Waals surface area contributed by atoms with E-state index in [2.05, 4.69) is 5.32 Å². The van der Waals surface area contributed by atoms with Crippen LogP contribution in [0.4, 0.5) is 0 Å². The molecule has 1 aliphatic heterocycles. The molecule has 1 fully saturated rings. The van der Waals surface area contributed by atoms with Gasteiger partial charge in [-0.15, -0.1) is 0 Å². The van der Waals surface area contributed by atoms with Crippen LogP contribution in [-0.2, 0) is 9.59 Å². The van der Waals surface area contributed by atoms with Gasteiger partial charge in [0.25, 0.3) is 5.91 Å². The van der Waals surface area contributed by atoms with Gasteiger partial charge in [0, 0.05) is 36.6 Å². The number of carboxylic acids is 1. The van der Waals surface area contributed by atoms with E-state index in [1.807, 2.05) is 0 Å². The Bertz CT molecular complexity index is 588. The number of hydrogen-bond acceptors (Lipinski definition) is 3. The summed E-state index contributed by atoms with van der Waals surface area (Å²) in [6.45, 7) is 1.17. The lowest BCUT2D eigenvalue weighted by molar-refractivity contribution is -0.141. The monoisotopic (exact) mass is 338 g/mol. The molecule has 2 rings (SSSR count). The topological polar surface area (TPSA) is 86.7 Å². The number of nitrogens with one attached hydrogen (secondary N) is 1. The Balaban J connectivity index is 1.67. The number of hydrogen-bond donors (Lipinski definition) is 2. The molecule has 0 aromatic heterocycles. The Labute approximate surface area is 139 Å². The van der Waals surface area contributed by atoms with Crippen LogP contribution in [0.2, 0.25) is 5.02 Å². The minimum Gasteiger partial charge on any atom is -0.481 e. The predicted octanol–water partition coefficient (Wildman–Crippen LogP) is 1.78. The van der Waals surface area contributed by atoms with Gasteiger partial charge in [0.2, 0.25) is 5.91 Å². The predicted molar refractivity (Wildman–Crippen MR) is 85.3 cm³/mol. The van der Waals surface area contributed by atoms with Crippen LogP contribution in [0.15, 0.2) is 24.3 Å². The van der Waals surface area contributed by atoms with Crippen molar-refractivity contribution in [3.05, 3.63) is 34.9 Å². The van der Waals surface area contributed by atoms with Gasteiger partial charge in [-0.1, -0.05) is 11.6 Å². The minimum absolute atomic E-state index is 0.0607. The van der Waals surface area contributed by atoms with Crippen molar-refractivity contribution in [3.8, 4) is 0 Å². The van der Waals surface area contributed by atoms with Crippen molar-refractivity contribution in [1.82, 2.24) is 10.2 Å². The van der Waals surface area contributed by atoms with Gasteiger partial charge < -0.3 is 15.3 Å². The Morgan fingerprint density at radius 2 is 1.96 bits per heavy atom. The molecular weight excluding hydrogens is 320 g/mol. The maximum Gasteiger partial charge on any atom is 0.308 e. The summed E-state index contributed by atoms with van der Waals surface area (Å²) in [4.78, 5) is 36.3. The van der Waals surface area contributed by atoms with Crippen LogP contribution in [0.1, 0.15) is 29.6 Å². The van der Waals surface area contributed by atoms with Crippen LogP contribution in [0.3, 0.4) is 0 Å². The van der Waals surface area contributed by atoms with E-state index in [1.54, 1.807) is 29.2 Å². The van der Waals surface area contributed by atoms with Crippen molar-refractivity contribution >= 4 is 29.4 Å². The molecule has 6 nitrogen and oxygen atoms in total. The second-order valence-electron chi connectivity index (χ2n) is 5.53. The van der Waals surface area contributed by atoms with Crippen molar-refractivity contribution in [2.24, 2.45) is 5.92 Å². The molecule has 0 radical (unpaired) electrons. The minimum atomic E-state index is -0.851. The molecule has 1 heterocycles. The Morgan fingerprint density at radius 1 is 1.26 bits per heavy atom. The lowest BCUT2D eigenvalue weighted by atomic mass is 10.1. The molecule has 23 heavy (non-hydrogen) atoms. The molecule has 0 aliphatic carbocycles. The summed E-state index contributed by atoms with van der Waals surface area (Å²) in [5.41, 5.74) is 0.518. The van der Waals surface area contributed by atoms with E-state index >= 15 is 0 Å². The average Bonchev–Trinajstić information content (AvgIpc) is 3.02. The van der Waals surface area contributed by atoms with Crippen LogP contribution in [-0.4, -0.2) is 47.4 Å². The fraction of sp³-hybridized carbons (Fsp3) is 0.438. The quantitative estimate of drug-likeness (QED) is 0.774. The third-order valence-corrected chi connectivity index (χ3v) is 4.10. The van der Waals surface area contributed by atoms with Crippen LogP contribution < -0.4 is 5.32 Å². The van der Waals surface area contributed by atoms with E-state index in [0.717, 1.165) is 0 Å². The molecule has 2 N–H and O–H groups in total. The summed E-state index contributed by atoms with van der Waals surface area (Å²) in [6.07, 6.45) is 1.33. The summed E-state index contributed by atoms with van der Waals surface area (Å²) in [5.74, 6) is -1.57. The molecule has 7 heteroatoms. The summed E-state index contributed by atoms with van der Waals surface area (Å²) in [6, 6.07) is 6.57. The first-order valence-corrected chi connectivity index (χ1v) is 7.89. The molecule has 0 bridgehead atoms. The summed E-state index contributed by atoms with van der Waals surface area (Å²) in [5, 5.41) is 12.2. The zero-order valence-corrected chi connectivity index (χ0v) is 13.4. The molecule has 1 saturated heterocycles. The Morgan fingerprint density at radius 3 is 2.57 bits per heavy atom. The van der Waals surface area contributed by atoms with Crippen LogP contribution >= 0.6 is 11.6 Å². The maximum atomic E-state index is 12.0. The van der Waals surface area contributed by atoms with E-state index in [0.29, 0.717) is 42.9 Å². The first kappa shape index (κ1) is 17.3. The highest BCUT2D eigenvalue weighted by atomic mass is 35.5. The third kappa shape index (κ3) is 4.96. The van der Waals surface area contributed by atoms with Crippen LogP contribution in [0, 0.1) is 5.92 Å². The fourth-order valence-corrected chi connectivity index (χ4v) is 2.62. The first-order chi connectivity index (χ1) is 11.0. The van der Waals surface area contributed by atoms with Gasteiger partial charge in [-0.3, -0.25) is 14.4 Å². The number of carbonyl (C=O) groups excluding carboxylic acids is 2. The van der Waals surface area contributed by atoms with Gasteiger partial charge >= 0.3 is 5.97 Å². The number of likely N-dealkylation sites (tertiary alicyclic amines) is 1. The van der Waals surface area contributed by atoms with Gasteiger partial charge in [0.05, 0.1) is 5.92 Å². The number of amides is 2. The van der Waals surface area contributed by atoms with Gasteiger partial charge in [0.1, 0.15) is 0 Å². The van der Waals surface area contributed by atoms with Gasteiger partial charge in [-0.25, -0.2) is 0 Å². The molecule has 1 atom stereocenters. The molecular formula is C16H19ClN2O4. The number of rotatable bonds is 6. The smallest absolute Gasteiger partial charge is 0.308 e. The van der Waals surface area contributed by atoms with Gasteiger partial charge in [0.15, 0.2) is 0 Å². The summed E-state index contributed by atoms with van der Waals surface area (Å²) < 4.78 is 0. The molecule has 0 spiro atoms. The van der Waals surface area contributed by atoms with Crippen molar-refractivity contribution in [3.63, 3.8) is 0 Å². The van der Waals surface area contributed by atoms with Crippen LogP contribution in [0.25, 0.3) is 0 Å². The highest BCUT2D eigenvalue weighted by Crippen LogP contribution is 2.17. The second kappa shape index (κ2) is 7.97. The van der Waals surface area contributed by atoms with E-state index in [1.165, 1.54) is 0 Å². The van der Waals surface area contributed by atoms with Gasteiger partial charge in [-0.05, 0) is 37.1 Å². The molecule has 0 saturated carbocycles. The summed E-state index contributed by atoms with van der Waals surface area (Å²) >= 11 is 5.76. The molecule has 1 aromatic rings. The van der Waals surface area contributed by atoms with E-state index in [4.69, 9.17) is 16.7 Å². The zero-order chi connectivity index (χ0) is 16.8. The van der Waals surface area contributed by atoms with Crippen molar-refractivity contribution in [2.75, 3.05) is 19.6 Å². The number of carboxylic acid groups (broad SMARTS) is 1. The SMILES string of the molecule is O=C(NCCCC(=O)N1CCC(C(=O)O)C1)c1ccc(Cl)cc1. The zero-order valence-electron chi connectivity index (χ0n) is 12.6. The summed E-state index contributed by atoms with van der Waals surface area (Å²) in [7, 11) is 0. The molecule has 1 aliphatic rings. The number of halogens is 1. The van der Waals surface area contributed by atoms with Gasteiger partial charge in [-0.2, -0.15) is 0 Å². The standard InChI is InChI=1S/C16H19ClN2O4/c17-13-5-3-11(4-6-13)15(21)18-8-1-2-14(20)19-9-7-12(10-19)16(22)23/h3-6,12H,1-2,7-10H2,(H,18,21)(H,22,23). The van der Waals surface area contributed by atoms with E-state index < -0.39 is 11.9 Å². The number of nitrogens with zero attached hydrogens (tertiary/aromatic N) is 1. The van der Waals surface area contributed by atoms with Crippen molar-refractivity contribution in [2.45, 2.75) is 19.3 Å². The Hall–Kier alpha value is -2.08. The van der Waals surface area contributed by atoms with E-state index in [-0.39, 0.29) is 18.4 Å². The van der Waals surface area contributed by atoms with Crippen molar-refractivity contribution < 1.29 is 19.5 Å². The molecule has 2 amide bonds. The normalized spacial score (nSPS) is 17.1. The highest BCUT2D eigenvalue weighted by Gasteiger charge is 2.30. The third-order valence-electron chi connectivity index (χ3n) is 3.85.